The minimum atomic E-state index is -0.864. The van der Waals surface area contributed by atoms with Crippen molar-refractivity contribution in [2.75, 3.05) is 6.61 Å². The van der Waals surface area contributed by atoms with E-state index in [-0.39, 0.29) is 12.5 Å². The van der Waals surface area contributed by atoms with Crippen LogP contribution < -0.4 is 5.32 Å². The van der Waals surface area contributed by atoms with Crippen LogP contribution in [0.25, 0.3) is 0 Å². The number of nitrogens with one attached hydrogen (secondary N) is 1. The second-order valence-corrected chi connectivity index (χ2v) is 16.2. The molecule has 320 valence electrons. The van der Waals surface area contributed by atoms with Gasteiger partial charge < -0.3 is 15.5 Å². The van der Waals surface area contributed by atoms with Gasteiger partial charge in [0.05, 0.1) is 18.8 Å². The van der Waals surface area contributed by atoms with Crippen molar-refractivity contribution >= 4 is 5.91 Å². The van der Waals surface area contributed by atoms with Crippen LogP contribution in [-0.4, -0.2) is 34.9 Å². The first-order valence-corrected chi connectivity index (χ1v) is 24.0. The maximum atomic E-state index is 12.4. The fourth-order valence-electron chi connectivity index (χ4n) is 7.02. The van der Waals surface area contributed by atoms with E-state index < -0.39 is 12.1 Å². The van der Waals surface area contributed by atoms with E-state index in [0.717, 1.165) is 44.9 Å². The number of hydrogen-bond donors (Lipinski definition) is 3. The van der Waals surface area contributed by atoms with E-state index in [1.54, 1.807) is 6.08 Å². The Morgan fingerprint density at radius 2 is 0.764 bits per heavy atom. The van der Waals surface area contributed by atoms with E-state index in [1.807, 2.05) is 6.08 Å². The second kappa shape index (κ2) is 46.5. The molecule has 0 aromatic heterocycles. The highest BCUT2D eigenvalue weighted by Crippen LogP contribution is 2.14. The molecule has 0 aliphatic carbocycles. The maximum Gasteiger partial charge on any atom is 0.220 e. The van der Waals surface area contributed by atoms with Crippen LogP contribution >= 0.6 is 0 Å². The summed E-state index contributed by atoms with van der Waals surface area (Å²) in [4.78, 5) is 12.4. The van der Waals surface area contributed by atoms with Gasteiger partial charge in [-0.1, -0.05) is 222 Å². The zero-order chi connectivity index (χ0) is 40.0. The molecule has 0 bridgehead atoms. The molecule has 0 saturated carbocycles. The van der Waals surface area contributed by atoms with Gasteiger partial charge in [0.25, 0.3) is 0 Å². The smallest absolute Gasteiger partial charge is 0.220 e. The predicted molar refractivity (Wildman–Crippen MR) is 244 cm³/mol. The molecule has 55 heavy (non-hydrogen) atoms. The zero-order valence-electron chi connectivity index (χ0n) is 36.7. The molecule has 1 amide bonds. The summed E-state index contributed by atoms with van der Waals surface area (Å²) in [6.07, 6.45) is 64.8. The largest absolute Gasteiger partial charge is 0.394 e. The van der Waals surface area contributed by atoms with Gasteiger partial charge in [-0.05, 0) is 70.6 Å². The summed E-state index contributed by atoms with van der Waals surface area (Å²) in [6.45, 7) is 4.29. The summed E-state index contributed by atoms with van der Waals surface area (Å²) in [5, 5.41) is 23.0. The second-order valence-electron chi connectivity index (χ2n) is 16.2. The number of amides is 1. The van der Waals surface area contributed by atoms with Gasteiger partial charge in [-0.2, -0.15) is 0 Å². The Balaban J connectivity index is 3.58. The normalized spacial score (nSPS) is 13.5. The van der Waals surface area contributed by atoms with E-state index in [1.165, 1.54) is 173 Å². The Bertz CT molecular complexity index is 919. The van der Waals surface area contributed by atoms with Crippen molar-refractivity contribution in [2.45, 2.75) is 251 Å². The molecule has 0 aromatic rings. The fourth-order valence-corrected chi connectivity index (χ4v) is 7.02. The molecule has 0 rings (SSSR count). The number of rotatable bonds is 43. The number of allylic oxidation sites excluding steroid dienone is 9. The first-order valence-electron chi connectivity index (χ1n) is 24.0. The van der Waals surface area contributed by atoms with Crippen molar-refractivity contribution in [1.29, 1.82) is 0 Å². The lowest BCUT2D eigenvalue weighted by atomic mass is 10.0. The van der Waals surface area contributed by atoms with Crippen LogP contribution in [0.4, 0.5) is 0 Å². The van der Waals surface area contributed by atoms with E-state index in [9.17, 15) is 15.0 Å². The molecule has 0 fully saturated rings. The van der Waals surface area contributed by atoms with Crippen LogP contribution in [-0.2, 0) is 4.79 Å². The Hall–Kier alpha value is -1.91. The maximum absolute atomic E-state index is 12.4. The number of aliphatic hydroxyl groups is 2. The summed E-state index contributed by atoms with van der Waals surface area (Å²) in [5.74, 6) is -0.0768. The molecule has 4 nitrogen and oxygen atoms in total. The van der Waals surface area contributed by atoms with Crippen LogP contribution in [0.5, 0.6) is 0 Å². The summed E-state index contributed by atoms with van der Waals surface area (Å²) < 4.78 is 0. The summed E-state index contributed by atoms with van der Waals surface area (Å²) in [7, 11) is 0. The number of aliphatic hydroxyl groups excluding tert-OH is 2. The standard InChI is InChI=1S/C51H93NO3/c1-3-5-7-9-11-13-15-17-19-21-22-23-24-25-26-27-28-29-30-31-33-35-37-39-41-43-45-47-51(55)52-49(48-53)50(54)46-44-42-40-38-36-34-32-20-18-16-14-12-10-8-6-4-2/h15,17,21-22,24-25,36,38,44,46,49-50,53-54H,3-14,16,18-20,23,26-35,37,39-43,45,47-48H2,1-2H3,(H,52,55)/b17-15-,22-21-,25-24-,38-36+,46-44+. The van der Waals surface area contributed by atoms with Gasteiger partial charge in [0, 0.05) is 6.42 Å². The highest BCUT2D eigenvalue weighted by Gasteiger charge is 2.17. The third-order valence-corrected chi connectivity index (χ3v) is 10.7. The summed E-state index contributed by atoms with van der Waals surface area (Å²) >= 11 is 0. The number of carbonyl (C=O) groups excluding carboxylic acids is 1. The number of unbranched alkanes of at least 4 members (excludes halogenated alkanes) is 28. The highest BCUT2D eigenvalue weighted by atomic mass is 16.3. The van der Waals surface area contributed by atoms with Crippen molar-refractivity contribution < 1.29 is 15.0 Å². The third kappa shape index (κ3) is 43.1. The van der Waals surface area contributed by atoms with Crippen LogP contribution in [0.1, 0.15) is 239 Å². The van der Waals surface area contributed by atoms with Gasteiger partial charge in [0.15, 0.2) is 0 Å². The minimum Gasteiger partial charge on any atom is -0.394 e. The van der Waals surface area contributed by atoms with Crippen molar-refractivity contribution in [3.8, 4) is 0 Å². The molecule has 0 aliphatic rings. The SMILES string of the molecule is CCCCCCC/C=C\C/C=C\C/C=C\CCCCCCCCCCCCCCC(=O)NC(CO)C(O)/C=C/CC/C=C/CCCCCCCCCCCC. The minimum absolute atomic E-state index is 0.0768. The summed E-state index contributed by atoms with van der Waals surface area (Å²) in [6, 6.07) is -0.641. The molecule has 0 heterocycles. The van der Waals surface area contributed by atoms with Crippen LogP contribution in [0.3, 0.4) is 0 Å². The molecule has 3 N–H and O–H groups in total. The molecular formula is C51H93NO3. The van der Waals surface area contributed by atoms with Gasteiger partial charge in [-0.15, -0.1) is 0 Å². The van der Waals surface area contributed by atoms with Gasteiger partial charge in [0.2, 0.25) is 5.91 Å². The van der Waals surface area contributed by atoms with Crippen LogP contribution in [0, 0.1) is 0 Å². The number of hydrogen-bond acceptors (Lipinski definition) is 3. The van der Waals surface area contributed by atoms with E-state index in [0.29, 0.717) is 6.42 Å². The molecule has 0 spiro atoms. The van der Waals surface area contributed by atoms with Gasteiger partial charge >= 0.3 is 0 Å². The zero-order valence-corrected chi connectivity index (χ0v) is 36.7. The Kier molecular flexibility index (Phi) is 44.9. The Morgan fingerprint density at radius 3 is 1.18 bits per heavy atom. The molecule has 2 atom stereocenters. The van der Waals surface area contributed by atoms with Crippen molar-refractivity contribution in [1.82, 2.24) is 5.32 Å². The molecule has 0 aliphatic heterocycles. The van der Waals surface area contributed by atoms with E-state index in [4.69, 9.17) is 0 Å². The summed E-state index contributed by atoms with van der Waals surface area (Å²) in [5.41, 5.74) is 0. The first kappa shape index (κ1) is 53.1. The number of carbonyl (C=O) groups is 1. The van der Waals surface area contributed by atoms with Crippen molar-refractivity contribution in [2.24, 2.45) is 0 Å². The molecule has 0 radical (unpaired) electrons. The predicted octanol–water partition coefficient (Wildman–Crippen LogP) is 15.3. The van der Waals surface area contributed by atoms with Crippen LogP contribution in [0.15, 0.2) is 60.8 Å². The Morgan fingerprint density at radius 1 is 0.436 bits per heavy atom. The van der Waals surface area contributed by atoms with E-state index in [2.05, 4.69) is 67.8 Å². The highest BCUT2D eigenvalue weighted by molar-refractivity contribution is 5.76. The first-order chi connectivity index (χ1) is 27.2. The monoisotopic (exact) mass is 768 g/mol. The molecule has 2 unspecified atom stereocenters. The molecule has 0 saturated heterocycles. The topological polar surface area (TPSA) is 69.6 Å². The average molecular weight is 768 g/mol. The molecular weight excluding hydrogens is 675 g/mol. The lowest BCUT2D eigenvalue weighted by molar-refractivity contribution is -0.123. The van der Waals surface area contributed by atoms with Gasteiger partial charge in [-0.25, -0.2) is 0 Å². The van der Waals surface area contributed by atoms with Gasteiger partial charge in [0.1, 0.15) is 0 Å². The molecule has 4 heteroatoms. The van der Waals surface area contributed by atoms with Crippen molar-refractivity contribution in [3.63, 3.8) is 0 Å². The van der Waals surface area contributed by atoms with Crippen molar-refractivity contribution in [3.05, 3.63) is 60.8 Å². The lowest BCUT2D eigenvalue weighted by Gasteiger charge is -2.19. The quantitative estimate of drug-likeness (QED) is 0.0427. The van der Waals surface area contributed by atoms with Gasteiger partial charge in [-0.3, -0.25) is 4.79 Å². The molecule has 0 aromatic carbocycles. The van der Waals surface area contributed by atoms with Crippen LogP contribution in [0.2, 0.25) is 0 Å². The average Bonchev–Trinajstić information content (AvgIpc) is 3.19. The fraction of sp³-hybridized carbons (Fsp3) is 0.784. The van der Waals surface area contributed by atoms with E-state index >= 15 is 0 Å². The lowest BCUT2D eigenvalue weighted by Crippen LogP contribution is -2.45. The third-order valence-electron chi connectivity index (χ3n) is 10.7. The Labute approximate surface area is 343 Å².